The first kappa shape index (κ1) is 19.2. The highest BCUT2D eigenvalue weighted by atomic mass is 16.1. The number of likely N-dealkylation sites (tertiary alicyclic amines) is 1. The summed E-state index contributed by atoms with van der Waals surface area (Å²) >= 11 is 0. The standard InChI is InChI=1S/C19H31N5O/c1-3-11-21-18(25)15-23-19(20-2)22-14-17(24-12-7-8-13-24)16-9-5-4-6-10-16/h4-6,9-10,17H,3,7-8,11-15H2,1-2H3,(H,21,25)(H2,20,22,23). The molecule has 0 radical (unpaired) electrons. The van der Waals surface area contributed by atoms with Crippen molar-refractivity contribution in [2.45, 2.75) is 32.2 Å². The van der Waals surface area contributed by atoms with Crippen molar-refractivity contribution in [3.05, 3.63) is 35.9 Å². The second-order valence-electron chi connectivity index (χ2n) is 6.33. The molecule has 6 nitrogen and oxygen atoms in total. The summed E-state index contributed by atoms with van der Waals surface area (Å²) < 4.78 is 0. The third-order valence-electron chi connectivity index (χ3n) is 4.44. The van der Waals surface area contributed by atoms with Crippen molar-refractivity contribution in [3.63, 3.8) is 0 Å². The molecular weight excluding hydrogens is 314 g/mol. The lowest BCUT2D eigenvalue weighted by Crippen LogP contribution is -2.46. The van der Waals surface area contributed by atoms with E-state index in [0.29, 0.717) is 18.5 Å². The second-order valence-corrected chi connectivity index (χ2v) is 6.33. The maximum atomic E-state index is 11.7. The Balaban J connectivity index is 1.88. The predicted octanol–water partition coefficient (Wildman–Crippen LogP) is 1.51. The topological polar surface area (TPSA) is 68.8 Å². The van der Waals surface area contributed by atoms with E-state index in [1.165, 1.54) is 18.4 Å². The fraction of sp³-hybridized carbons (Fsp3) is 0.579. The van der Waals surface area contributed by atoms with Gasteiger partial charge >= 0.3 is 0 Å². The smallest absolute Gasteiger partial charge is 0.239 e. The maximum Gasteiger partial charge on any atom is 0.239 e. The van der Waals surface area contributed by atoms with Crippen LogP contribution in [0.1, 0.15) is 37.8 Å². The molecule has 0 saturated carbocycles. The Morgan fingerprint density at radius 3 is 2.52 bits per heavy atom. The van der Waals surface area contributed by atoms with E-state index in [4.69, 9.17) is 0 Å². The van der Waals surface area contributed by atoms with Gasteiger partial charge in [0.2, 0.25) is 5.91 Å². The van der Waals surface area contributed by atoms with Crippen LogP contribution in [0.5, 0.6) is 0 Å². The molecule has 0 aliphatic carbocycles. The number of benzene rings is 1. The molecule has 6 heteroatoms. The molecule has 2 rings (SSSR count). The Morgan fingerprint density at radius 2 is 1.88 bits per heavy atom. The van der Waals surface area contributed by atoms with Gasteiger partial charge in [-0.25, -0.2) is 0 Å². The molecular formula is C19H31N5O. The van der Waals surface area contributed by atoms with E-state index in [0.717, 1.165) is 26.1 Å². The van der Waals surface area contributed by atoms with Crippen LogP contribution in [-0.4, -0.2) is 56.5 Å². The largest absolute Gasteiger partial charge is 0.355 e. The maximum absolute atomic E-state index is 11.7. The SMILES string of the molecule is CCCNC(=O)CNC(=NC)NCC(c1ccccc1)N1CCCC1. The van der Waals surface area contributed by atoms with Gasteiger partial charge in [0.25, 0.3) is 0 Å². The molecule has 1 aromatic carbocycles. The van der Waals surface area contributed by atoms with E-state index in [1.54, 1.807) is 7.05 Å². The second kappa shape index (κ2) is 10.7. The number of guanidine groups is 1. The van der Waals surface area contributed by atoms with Crippen molar-refractivity contribution in [2.75, 3.05) is 39.8 Å². The number of nitrogens with one attached hydrogen (secondary N) is 3. The fourth-order valence-corrected chi connectivity index (χ4v) is 3.09. The molecule has 0 bridgehead atoms. The summed E-state index contributed by atoms with van der Waals surface area (Å²) in [6.45, 7) is 6.01. The Kier molecular flexibility index (Phi) is 8.25. The fourth-order valence-electron chi connectivity index (χ4n) is 3.09. The molecule has 0 aromatic heterocycles. The molecule has 3 N–H and O–H groups in total. The minimum absolute atomic E-state index is 0.0102. The highest BCUT2D eigenvalue weighted by Gasteiger charge is 2.23. The summed E-state index contributed by atoms with van der Waals surface area (Å²) in [5, 5.41) is 9.31. The van der Waals surface area contributed by atoms with Crippen LogP contribution in [0.2, 0.25) is 0 Å². The van der Waals surface area contributed by atoms with Gasteiger partial charge in [0.1, 0.15) is 0 Å². The lowest BCUT2D eigenvalue weighted by Gasteiger charge is -2.28. The van der Waals surface area contributed by atoms with Gasteiger partial charge in [-0.2, -0.15) is 0 Å². The van der Waals surface area contributed by atoms with Crippen molar-refractivity contribution in [1.82, 2.24) is 20.9 Å². The Bertz CT molecular complexity index is 540. The van der Waals surface area contributed by atoms with Crippen LogP contribution >= 0.6 is 0 Å². The predicted molar refractivity (Wildman–Crippen MR) is 103 cm³/mol. The van der Waals surface area contributed by atoms with Gasteiger partial charge < -0.3 is 16.0 Å². The minimum atomic E-state index is -0.0102. The van der Waals surface area contributed by atoms with Crippen molar-refractivity contribution in [1.29, 1.82) is 0 Å². The average Bonchev–Trinajstić information content (AvgIpc) is 3.18. The lowest BCUT2D eigenvalue weighted by molar-refractivity contribution is -0.120. The van der Waals surface area contributed by atoms with Crippen LogP contribution in [0.4, 0.5) is 0 Å². The number of carbonyl (C=O) groups is 1. The zero-order valence-corrected chi connectivity index (χ0v) is 15.4. The normalized spacial score (nSPS) is 16.5. The van der Waals surface area contributed by atoms with E-state index < -0.39 is 0 Å². The molecule has 1 aliphatic heterocycles. The third kappa shape index (κ3) is 6.38. The summed E-state index contributed by atoms with van der Waals surface area (Å²) in [6, 6.07) is 10.9. The van der Waals surface area contributed by atoms with Gasteiger partial charge in [-0.15, -0.1) is 0 Å². The molecule has 138 valence electrons. The van der Waals surface area contributed by atoms with Gasteiger partial charge in [-0.1, -0.05) is 37.3 Å². The Hall–Kier alpha value is -2.08. The first-order chi connectivity index (χ1) is 12.2. The van der Waals surface area contributed by atoms with Gasteiger partial charge in [0, 0.05) is 20.1 Å². The third-order valence-corrected chi connectivity index (χ3v) is 4.44. The molecule has 1 amide bonds. The first-order valence-corrected chi connectivity index (χ1v) is 9.24. The molecule has 1 aliphatic rings. The molecule has 1 heterocycles. The van der Waals surface area contributed by atoms with Gasteiger partial charge in [0.15, 0.2) is 5.96 Å². The van der Waals surface area contributed by atoms with Crippen LogP contribution in [0.3, 0.4) is 0 Å². The van der Waals surface area contributed by atoms with Crippen LogP contribution in [0.25, 0.3) is 0 Å². The number of amides is 1. The highest BCUT2D eigenvalue weighted by molar-refractivity contribution is 5.86. The molecule has 1 unspecified atom stereocenters. The Labute approximate surface area is 151 Å². The van der Waals surface area contributed by atoms with Crippen LogP contribution in [0, 0.1) is 0 Å². The lowest BCUT2D eigenvalue weighted by atomic mass is 10.1. The average molecular weight is 345 g/mol. The van der Waals surface area contributed by atoms with Gasteiger partial charge in [-0.3, -0.25) is 14.7 Å². The van der Waals surface area contributed by atoms with Crippen molar-refractivity contribution in [2.24, 2.45) is 4.99 Å². The Morgan fingerprint density at radius 1 is 1.16 bits per heavy atom. The van der Waals surface area contributed by atoms with E-state index in [1.807, 2.05) is 13.0 Å². The molecule has 25 heavy (non-hydrogen) atoms. The van der Waals surface area contributed by atoms with Crippen molar-refractivity contribution in [3.8, 4) is 0 Å². The van der Waals surface area contributed by atoms with E-state index >= 15 is 0 Å². The highest BCUT2D eigenvalue weighted by Crippen LogP contribution is 2.24. The minimum Gasteiger partial charge on any atom is -0.355 e. The molecule has 1 saturated heterocycles. The zero-order chi connectivity index (χ0) is 17.9. The van der Waals surface area contributed by atoms with E-state index in [9.17, 15) is 4.79 Å². The number of rotatable bonds is 8. The number of hydrogen-bond donors (Lipinski definition) is 3. The van der Waals surface area contributed by atoms with Gasteiger partial charge in [0.05, 0.1) is 12.6 Å². The number of hydrogen-bond acceptors (Lipinski definition) is 3. The zero-order valence-electron chi connectivity index (χ0n) is 15.4. The molecule has 1 aromatic rings. The molecule has 0 spiro atoms. The van der Waals surface area contributed by atoms with Gasteiger partial charge in [-0.05, 0) is 37.9 Å². The van der Waals surface area contributed by atoms with Crippen LogP contribution in [0.15, 0.2) is 35.3 Å². The summed E-state index contributed by atoms with van der Waals surface area (Å²) in [5.74, 6) is 0.649. The summed E-state index contributed by atoms with van der Waals surface area (Å²) in [7, 11) is 1.73. The van der Waals surface area contributed by atoms with E-state index in [2.05, 4.69) is 50.1 Å². The summed E-state index contributed by atoms with van der Waals surface area (Å²) in [4.78, 5) is 18.5. The summed E-state index contributed by atoms with van der Waals surface area (Å²) in [6.07, 6.45) is 3.45. The number of nitrogens with zero attached hydrogens (tertiary/aromatic N) is 2. The van der Waals surface area contributed by atoms with Crippen molar-refractivity contribution < 1.29 is 4.79 Å². The number of carbonyl (C=O) groups excluding carboxylic acids is 1. The van der Waals surface area contributed by atoms with Crippen LogP contribution < -0.4 is 16.0 Å². The number of aliphatic imine (C=N–C) groups is 1. The van der Waals surface area contributed by atoms with Crippen molar-refractivity contribution >= 4 is 11.9 Å². The summed E-state index contributed by atoms with van der Waals surface area (Å²) in [5.41, 5.74) is 1.31. The monoisotopic (exact) mass is 345 g/mol. The van der Waals surface area contributed by atoms with E-state index in [-0.39, 0.29) is 12.5 Å². The van der Waals surface area contributed by atoms with Crippen LogP contribution in [-0.2, 0) is 4.79 Å². The quantitative estimate of drug-likeness (QED) is 0.493. The first-order valence-electron chi connectivity index (χ1n) is 9.24. The molecule has 1 fully saturated rings. The molecule has 1 atom stereocenters.